The van der Waals surface area contributed by atoms with Crippen molar-refractivity contribution in [1.29, 1.82) is 0 Å². The van der Waals surface area contributed by atoms with Crippen molar-refractivity contribution < 1.29 is 9.59 Å². The largest absolute Gasteiger partial charge is 0.327 e. The van der Waals surface area contributed by atoms with Crippen molar-refractivity contribution in [2.75, 3.05) is 13.6 Å². The Hall–Kier alpha value is -1.06. The molecule has 0 aromatic carbocycles. The van der Waals surface area contributed by atoms with E-state index in [9.17, 15) is 9.59 Å². The molecule has 0 unspecified atom stereocenters. The van der Waals surface area contributed by atoms with Crippen LogP contribution in [0.1, 0.15) is 54.9 Å². The molecule has 3 amide bonds. The average Bonchev–Trinajstić information content (AvgIpc) is 2.50. The lowest BCUT2D eigenvalue weighted by Crippen LogP contribution is -2.41. The van der Waals surface area contributed by atoms with Gasteiger partial charge in [0.25, 0.3) is 5.91 Å². The van der Waals surface area contributed by atoms with Crippen molar-refractivity contribution in [1.82, 2.24) is 9.80 Å². The molecule has 0 aromatic rings. The molecule has 1 aliphatic heterocycles. The molecular formula is C13H28N2O2. The number of hydrogen-bond donors (Lipinski definition) is 0. The predicted molar refractivity (Wildman–Crippen MR) is 71.9 cm³/mol. The minimum absolute atomic E-state index is 0.0955. The molecule has 0 radical (unpaired) electrons. The first-order valence-corrected chi connectivity index (χ1v) is 6.52. The van der Waals surface area contributed by atoms with Gasteiger partial charge in [-0.3, -0.25) is 9.69 Å². The van der Waals surface area contributed by atoms with E-state index in [1.807, 2.05) is 34.6 Å². The SMILES string of the molecule is CC.CC.CCCN1C(=O)N(C)C(C)(C)C1=O. The van der Waals surface area contributed by atoms with Crippen LogP contribution in [0, 0.1) is 0 Å². The van der Waals surface area contributed by atoms with Crippen LogP contribution in [0.3, 0.4) is 0 Å². The van der Waals surface area contributed by atoms with Crippen molar-refractivity contribution in [3.63, 3.8) is 0 Å². The van der Waals surface area contributed by atoms with Gasteiger partial charge in [0.15, 0.2) is 0 Å². The van der Waals surface area contributed by atoms with Crippen LogP contribution in [0.5, 0.6) is 0 Å². The zero-order valence-electron chi connectivity index (χ0n) is 12.6. The van der Waals surface area contributed by atoms with E-state index in [2.05, 4.69) is 0 Å². The summed E-state index contributed by atoms with van der Waals surface area (Å²) in [5, 5.41) is 0. The fourth-order valence-corrected chi connectivity index (χ4v) is 1.40. The van der Waals surface area contributed by atoms with Crippen LogP contribution in [-0.4, -0.2) is 40.9 Å². The third-order valence-electron chi connectivity index (χ3n) is 2.57. The lowest BCUT2D eigenvalue weighted by Gasteiger charge is -2.22. The summed E-state index contributed by atoms with van der Waals surface area (Å²) in [7, 11) is 1.66. The highest BCUT2D eigenvalue weighted by Gasteiger charge is 2.48. The molecule has 1 rings (SSSR count). The molecule has 4 nitrogen and oxygen atoms in total. The van der Waals surface area contributed by atoms with Crippen LogP contribution < -0.4 is 0 Å². The molecule has 17 heavy (non-hydrogen) atoms. The Bertz CT molecular complexity index is 250. The number of urea groups is 1. The Morgan fingerprint density at radius 2 is 1.47 bits per heavy atom. The topological polar surface area (TPSA) is 40.6 Å². The molecule has 0 aromatic heterocycles. The van der Waals surface area contributed by atoms with Crippen LogP contribution in [0.4, 0.5) is 4.79 Å². The van der Waals surface area contributed by atoms with Gasteiger partial charge in [-0.25, -0.2) is 4.79 Å². The maximum Gasteiger partial charge on any atom is 0.327 e. The zero-order valence-corrected chi connectivity index (χ0v) is 12.6. The quantitative estimate of drug-likeness (QED) is 0.700. The third-order valence-corrected chi connectivity index (χ3v) is 2.57. The number of rotatable bonds is 2. The van der Waals surface area contributed by atoms with E-state index in [1.165, 1.54) is 9.80 Å². The van der Waals surface area contributed by atoms with Gasteiger partial charge in [-0.05, 0) is 20.3 Å². The fraction of sp³-hybridized carbons (Fsp3) is 0.846. The molecule has 1 fully saturated rings. The zero-order chi connectivity index (χ0) is 14.2. The van der Waals surface area contributed by atoms with E-state index < -0.39 is 5.54 Å². The fourth-order valence-electron chi connectivity index (χ4n) is 1.40. The maximum atomic E-state index is 11.7. The summed E-state index contributed by atoms with van der Waals surface area (Å²) in [6, 6.07) is -0.183. The second-order valence-electron chi connectivity index (χ2n) is 3.86. The van der Waals surface area contributed by atoms with Crippen molar-refractivity contribution in [2.24, 2.45) is 0 Å². The number of amides is 3. The first kappa shape index (κ1) is 18.3. The van der Waals surface area contributed by atoms with Gasteiger partial charge < -0.3 is 4.90 Å². The molecule has 1 heterocycles. The van der Waals surface area contributed by atoms with E-state index in [1.54, 1.807) is 20.9 Å². The molecular weight excluding hydrogens is 216 g/mol. The summed E-state index contributed by atoms with van der Waals surface area (Å²) in [5.74, 6) is -0.0955. The van der Waals surface area contributed by atoms with Gasteiger partial charge >= 0.3 is 6.03 Å². The van der Waals surface area contributed by atoms with Gasteiger partial charge in [-0.2, -0.15) is 0 Å². The number of likely N-dealkylation sites (N-methyl/N-ethyl adjacent to an activating group) is 1. The number of hydrogen-bond acceptors (Lipinski definition) is 2. The van der Waals surface area contributed by atoms with Gasteiger partial charge in [0.05, 0.1) is 0 Å². The van der Waals surface area contributed by atoms with Crippen molar-refractivity contribution in [3.05, 3.63) is 0 Å². The van der Waals surface area contributed by atoms with E-state index in [-0.39, 0.29) is 11.9 Å². The summed E-state index contributed by atoms with van der Waals surface area (Å²) in [5.41, 5.74) is -0.674. The second-order valence-corrected chi connectivity index (χ2v) is 3.86. The van der Waals surface area contributed by atoms with Crippen LogP contribution in [0.25, 0.3) is 0 Å². The molecule has 0 spiro atoms. The minimum Gasteiger partial charge on any atom is -0.313 e. The van der Waals surface area contributed by atoms with E-state index >= 15 is 0 Å². The smallest absolute Gasteiger partial charge is 0.313 e. The first-order valence-electron chi connectivity index (χ1n) is 6.52. The molecule has 1 saturated heterocycles. The Morgan fingerprint density at radius 1 is 1.06 bits per heavy atom. The second kappa shape index (κ2) is 8.09. The molecule has 0 saturated carbocycles. The van der Waals surface area contributed by atoms with Gasteiger partial charge in [0.1, 0.15) is 5.54 Å². The van der Waals surface area contributed by atoms with E-state index in [4.69, 9.17) is 0 Å². The summed E-state index contributed by atoms with van der Waals surface area (Å²) in [6.45, 7) is 14.0. The molecule has 0 bridgehead atoms. The Labute approximate surface area is 106 Å². The van der Waals surface area contributed by atoms with Gasteiger partial charge in [0, 0.05) is 13.6 Å². The number of imide groups is 1. The summed E-state index contributed by atoms with van der Waals surface area (Å²) in [4.78, 5) is 26.1. The number of carbonyl (C=O) groups is 2. The predicted octanol–water partition coefficient (Wildman–Crippen LogP) is 3.12. The number of carbonyl (C=O) groups excluding carboxylic acids is 2. The van der Waals surface area contributed by atoms with Gasteiger partial charge in [-0.1, -0.05) is 34.6 Å². The summed E-state index contributed by atoms with van der Waals surface area (Å²) < 4.78 is 0. The minimum atomic E-state index is -0.674. The van der Waals surface area contributed by atoms with Crippen LogP contribution in [0.15, 0.2) is 0 Å². The van der Waals surface area contributed by atoms with Gasteiger partial charge in [-0.15, -0.1) is 0 Å². The van der Waals surface area contributed by atoms with E-state index in [0.717, 1.165) is 6.42 Å². The van der Waals surface area contributed by atoms with Gasteiger partial charge in [0.2, 0.25) is 0 Å². The van der Waals surface area contributed by atoms with E-state index in [0.29, 0.717) is 6.54 Å². The highest BCUT2D eigenvalue weighted by Crippen LogP contribution is 2.25. The average molecular weight is 244 g/mol. The molecule has 1 aliphatic rings. The summed E-state index contributed by atoms with van der Waals surface area (Å²) >= 11 is 0. The Morgan fingerprint density at radius 3 is 1.71 bits per heavy atom. The normalized spacial score (nSPS) is 17.2. The Kier molecular flexibility index (Phi) is 8.72. The maximum absolute atomic E-state index is 11.7. The van der Waals surface area contributed by atoms with Crippen molar-refractivity contribution in [3.8, 4) is 0 Å². The standard InChI is InChI=1S/C9H16N2O2.2C2H6/c1-5-6-11-7(12)9(2,3)10(4)8(11)13;2*1-2/h5-6H2,1-4H3;2*1-2H3. The lowest BCUT2D eigenvalue weighted by atomic mass is 10.1. The highest BCUT2D eigenvalue weighted by molar-refractivity contribution is 6.06. The monoisotopic (exact) mass is 244 g/mol. The van der Waals surface area contributed by atoms with Crippen molar-refractivity contribution in [2.45, 2.75) is 60.4 Å². The molecule has 0 atom stereocenters. The molecule has 4 heteroatoms. The van der Waals surface area contributed by atoms with Crippen LogP contribution in [-0.2, 0) is 4.79 Å². The molecule has 0 N–H and O–H groups in total. The van der Waals surface area contributed by atoms with Crippen molar-refractivity contribution >= 4 is 11.9 Å². The lowest BCUT2D eigenvalue weighted by molar-refractivity contribution is -0.131. The highest BCUT2D eigenvalue weighted by atomic mass is 16.2. The molecule has 0 aliphatic carbocycles. The summed E-state index contributed by atoms with van der Waals surface area (Å²) in [6.07, 6.45) is 0.807. The molecule has 102 valence electrons. The Balaban J connectivity index is 0. The number of nitrogens with zero attached hydrogens (tertiary/aromatic N) is 2. The van der Waals surface area contributed by atoms with Crippen LogP contribution >= 0.6 is 0 Å². The van der Waals surface area contributed by atoms with Crippen LogP contribution in [0.2, 0.25) is 0 Å². The first-order chi connectivity index (χ1) is 7.92. The third kappa shape index (κ3) is 3.72.